The molecule has 0 radical (unpaired) electrons. The van der Waals surface area contributed by atoms with Gasteiger partial charge in [0.15, 0.2) is 0 Å². The van der Waals surface area contributed by atoms with Crippen LogP contribution in [0.3, 0.4) is 0 Å². The number of methoxy groups -OCH3 is 2. The molecule has 0 amide bonds. The molecule has 0 fully saturated rings. The van der Waals surface area contributed by atoms with E-state index in [0.717, 1.165) is 48.6 Å². The summed E-state index contributed by atoms with van der Waals surface area (Å²) in [4.78, 5) is 6.67. The van der Waals surface area contributed by atoms with Crippen molar-refractivity contribution in [1.29, 1.82) is 0 Å². The average molecular weight is 289 g/mol. The molecule has 114 valence electrons. The summed E-state index contributed by atoms with van der Waals surface area (Å²) in [5, 5.41) is 5.61. The van der Waals surface area contributed by atoms with Crippen LogP contribution in [0.25, 0.3) is 10.8 Å². The lowest BCUT2D eigenvalue weighted by Gasteiger charge is -2.20. The molecule has 0 saturated carbocycles. The third-order valence-electron chi connectivity index (χ3n) is 3.42. The summed E-state index contributed by atoms with van der Waals surface area (Å²) in [7, 11) is 5.45. The molecular formula is C16H23N3O2. The maximum absolute atomic E-state index is 5.27. The third-order valence-corrected chi connectivity index (χ3v) is 3.42. The molecule has 0 aliphatic carbocycles. The molecule has 0 spiro atoms. The highest BCUT2D eigenvalue weighted by molar-refractivity contribution is 5.92. The monoisotopic (exact) mass is 289 g/mol. The van der Waals surface area contributed by atoms with Gasteiger partial charge < -0.3 is 19.7 Å². The highest BCUT2D eigenvalue weighted by Gasteiger charge is 2.08. The highest BCUT2D eigenvalue weighted by Crippen LogP contribution is 2.26. The van der Waals surface area contributed by atoms with E-state index in [4.69, 9.17) is 9.47 Å². The van der Waals surface area contributed by atoms with E-state index in [1.54, 1.807) is 14.2 Å². The number of ether oxygens (including phenoxy) is 2. The Morgan fingerprint density at radius 1 is 1.19 bits per heavy atom. The Morgan fingerprint density at radius 2 is 2.05 bits per heavy atom. The Hall–Kier alpha value is -1.85. The van der Waals surface area contributed by atoms with Crippen LogP contribution in [0.2, 0.25) is 0 Å². The van der Waals surface area contributed by atoms with Gasteiger partial charge in [0, 0.05) is 45.4 Å². The SMILES string of the molecule is COCCNCCN(C)c1nccc2cc(OC)ccc12. The second-order valence-electron chi connectivity index (χ2n) is 4.89. The molecule has 5 nitrogen and oxygen atoms in total. The minimum Gasteiger partial charge on any atom is -0.497 e. The van der Waals surface area contributed by atoms with Gasteiger partial charge in [-0.15, -0.1) is 0 Å². The van der Waals surface area contributed by atoms with Gasteiger partial charge in [-0.1, -0.05) is 0 Å². The van der Waals surface area contributed by atoms with Crippen molar-refractivity contribution in [2.24, 2.45) is 0 Å². The van der Waals surface area contributed by atoms with Gasteiger partial charge in [-0.05, 0) is 29.7 Å². The quantitative estimate of drug-likeness (QED) is 0.752. The van der Waals surface area contributed by atoms with E-state index in [-0.39, 0.29) is 0 Å². The lowest BCUT2D eigenvalue weighted by Crippen LogP contribution is -2.31. The van der Waals surface area contributed by atoms with Gasteiger partial charge in [-0.2, -0.15) is 0 Å². The average Bonchev–Trinajstić information content (AvgIpc) is 2.53. The minimum absolute atomic E-state index is 0.732. The zero-order valence-electron chi connectivity index (χ0n) is 12.9. The molecule has 5 heteroatoms. The van der Waals surface area contributed by atoms with E-state index in [2.05, 4.69) is 28.3 Å². The zero-order valence-corrected chi connectivity index (χ0v) is 12.9. The van der Waals surface area contributed by atoms with Crippen LogP contribution in [-0.4, -0.2) is 52.5 Å². The molecule has 0 aliphatic heterocycles. The zero-order chi connectivity index (χ0) is 15.1. The molecule has 2 aromatic rings. The van der Waals surface area contributed by atoms with Crippen LogP contribution >= 0.6 is 0 Å². The smallest absolute Gasteiger partial charge is 0.136 e. The Labute approximate surface area is 125 Å². The van der Waals surface area contributed by atoms with Gasteiger partial charge in [0.1, 0.15) is 11.6 Å². The first-order valence-corrected chi connectivity index (χ1v) is 7.10. The molecular weight excluding hydrogens is 266 g/mol. The van der Waals surface area contributed by atoms with Crippen molar-refractivity contribution in [1.82, 2.24) is 10.3 Å². The van der Waals surface area contributed by atoms with E-state index >= 15 is 0 Å². The molecule has 21 heavy (non-hydrogen) atoms. The van der Waals surface area contributed by atoms with Crippen molar-refractivity contribution in [3.05, 3.63) is 30.5 Å². The van der Waals surface area contributed by atoms with Gasteiger partial charge in [-0.3, -0.25) is 0 Å². The predicted molar refractivity (Wildman–Crippen MR) is 86.3 cm³/mol. The molecule has 1 aromatic heterocycles. The standard InChI is InChI=1S/C16H23N3O2/c1-19(10-8-17-9-11-20-2)16-15-5-4-14(21-3)12-13(15)6-7-18-16/h4-7,12,17H,8-11H2,1-3H3. The van der Waals surface area contributed by atoms with E-state index in [1.807, 2.05) is 24.4 Å². The number of aromatic nitrogens is 1. The van der Waals surface area contributed by atoms with Crippen molar-refractivity contribution >= 4 is 16.6 Å². The maximum Gasteiger partial charge on any atom is 0.136 e. The van der Waals surface area contributed by atoms with Crippen molar-refractivity contribution in [2.75, 3.05) is 52.4 Å². The lowest BCUT2D eigenvalue weighted by molar-refractivity contribution is 0.200. The summed E-state index contributed by atoms with van der Waals surface area (Å²) in [6.07, 6.45) is 1.84. The summed E-state index contributed by atoms with van der Waals surface area (Å²) in [6, 6.07) is 8.07. The number of anilines is 1. The summed E-state index contributed by atoms with van der Waals surface area (Å²) >= 11 is 0. The fourth-order valence-electron chi connectivity index (χ4n) is 2.22. The van der Waals surface area contributed by atoms with Crippen LogP contribution in [0.15, 0.2) is 30.5 Å². The van der Waals surface area contributed by atoms with Crippen molar-refractivity contribution < 1.29 is 9.47 Å². The number of fused-ring (bicyclic) bond motifs is 1. The first-order valence-electron chi connectivity index (χ1n) is 7.10. The second kappa shape index (κ2) is 7.81. The Bertz CT molecular complexity index is 574. The molecule has 1 aromatic carbocycles. The largest absolute Gasteiger partial charge is 0.497 e. The number of rotatable bonds is 8. The Balaban J connectivity index is 2.06. The van der Waals surface area contributed by atoms with Crippen molar-refractivity contribution in [3.63, 3.8) is 0 Å². The molecule has 1 heterocycles. The van der Waals surface area contributed by atoms with Crippen LogP contribution in [-0.2, 0) is 4.74 Å². The Kier molecular flexibility index (Phi) is 5.78. The predicted octanol–water partition coefficient (Wildman–Crippen LogP) is 1.92. The number of pyridine rings is 1. The Morgan fingerprint density at radius 3 is 2.81 bits per heavy atom. The van der Waals surface area contributed by atoms with Crippen molar-refractivity contribution in [2.45, 2.75) is 0 Å². The summed E-state index contributed by atoms with van der Waals surface area (Å²) < 4.78 is 10.3. The van der Waals surface area contributed by atoms with E-state index in [9.17, 15) is 0 Å². The first kappa shape index (κ1) is 15.5. The number of hydrogen-bond donors (Lipinski definition) is 1. The van der Waals surface area contributed by atoms with Gasteiger partial charge in [-0.25, -0.2) is 4.98 Å². The van der Waals surface area contributed by atoms with Crippen LogP contribution < -0.4 is 15.0 Å². The van der Waals surface area contributed by atoms with E-state index < -0.39 is 0 Å². The summed E-state index contributed by atoms with van der Waals surface area (Å²) in [6.45, 7) is 3.39. The number of likely N-dealkylation sites (N-methyl/N-ethyl adjacent to an activating group) is 1. The normalized spacial score (nSPS) is 10.8. The lowest BCUT2D eigenvalue weighted by atomic mass is 10.1. The molecule has 0 bridgehead atoms. The van der Waals surface area contributed by atoms with Crippen molar-refractivity contribution in [3.8, 4) is 5.75 Å². The fourth-order valence-corrected chi connectivity index (χ4v) is 2.22. The molecule has 2 rings (SSSR count). The second-order valence-corrected chi connectivity index (χ2v) is 4.89. The summed E-state index contributed by atoms with van der Waals surface area (Å²) in [5.41, 5.74) is 0. The third kappa shape index (κ3) is 4.06. The first-order chi connectivity index (χ1) is 10.3. The van der Waals surface area contributed by atoms with Crippen LogP contribution in [0.1, 0.15) is 0 Å². The van der Waals surface area contributed by atoms with Gasteiger partial charge in [0.25, 0.3) is 0 Å². The topological polar surface area (TPSA) is 46.6 Å². The van der Waals surface area contributed by atoms with Crippen LogP contribution in [0.4, 0.5) is 5.82 Å². The van der Waals surface area contributed by atoms with Gasteiger partial charge in [0.2, 0.25) is 0 Å². The molecule has 0 saturated heterocycles. The maximum atomic E-state index is 5.27. The molecule has 1 N–H and O–H groups in total. The van der Waals surface area contributed by atoms with Crippen LogP contribution in [0.5, 0.6) is 5.75 Å². The van der Waals surface area contributed by atoms with Gasteiger partial charge in [0.05, 0.1) is 13.7 Å². The summed E-state index contributed by atoms with van der Waals surface area (Å²) in [5.74, 6) is 1.85. The molecule has 0 aliphatic rings. The van der Waals surface area contributed by atoms with E-state index in [1.165, 1.54) is 0 Å². The molecule has 0 unspecified atom stereocenters. The number of benzene rings is 1. The van der Waals surface area contributed by atoms with Crippen LogP contribution in [0, 0.1) is 0 Å². The van der Waals surface area contributed by atoms with E-state index in [0.29, 0.717) is 0 Å². The highest BCUT2D eigenvalue weighted by atomic mass is 16.5. The fraction of sp³-hybridized carbons (Fsp3) is 0.438. The number of nitrogens with one attached hydrogen (secondary N) is 1. The number of hydrogen-bond acceptors (Lipinski definition) is 5. The molecule has 0 atom stereocenters. The minimum atomic E-state index is 0.732. The number of nitrogens with zero attached hydrogens (tertiary/aromatic N) is 2. The van der Waals surface area contributed by atoms with Gasteiger partial charge >= 0.3 is 0 Å².